The number of likely N-dealkylation sites (tertiary alicyclic amines) is 1. The van der Waals surface area contributed by atoms with Gasteiger partial charge in [0.1, 0.15) is 21.3 Å². The van der Waals surface area contributed by atoms with Crippen molar-refractivity contribution in [3.8, 4) is 10.4 Å². The Morgan fingerprint density at radius 2 is 2.05 bits per heavy atom. The maximum absolute atomic E-state index is 13.1. The van der Waals surface area contributed by atoms with Gasteiger partial charge in [-0.2, -0.15) is 10.2 Å². The highest BCUT2D eigenvalue weighted by molar-refractivity contribution is 7.21. The van der Waals surface area contributed by atoms with Gasteiger partial charge < -0.3 is 15.4 Å². The summed E-state index contributed by atoms with van der Waals surface area (Å²) in [6, 6.07) is 1.75. The standard InChI is InChI=1S/C25H26N8O3S/c34-8-7-32-12-15(10-27-32)18-13-33-24(37-18)20-22(30-33)21-17(29-23(20)36)9-16(11-26-21)28-19(35)14-31-6-2-5-25(31)3-1-4-25/h9-13,34H,1-8,14H2,(H,28,35)(H,29,36). The molecular weight excluding hydrogens is 492 g/mol. The summed E-state index contributed by atoms with van der Waals surface area (Å²) in [6.07, 6.45) is 13.0. The van der Waals surface area contributed by atoms with Gasteiger partial charge in [0, 0.05) is 23.5 Å². The quantitative estimate of drug-likeness (QED) is 0.315. The summed E-state index contributed by atoms with van der Waals surface area (Å²) in [5.74, 6) is -0.0601. The highest BCUT2D eigenvalue weighted by Gasteiger charge is 2.45. The minimum atomic E-state index is -0.254. The second-order valence-corrected chi connectivity index (χ2v) is 11.0. The van der Waals surface area contributed by atoms with E-state index in [1.165, 1.54) is 37.0 Å². The molecule has 1 amide bonds. The molecule has 2 fully saturated rings. The molecule has 11 nitrogen and oxygen atoms in total. The van der Waals surface area contributed by atoms with Crippen molar-refractivity contribution in [2.75, 3.05) is 25.0 Å². The fraction of sp³-hybridized carbons (Fsp3) is 0.400. The number of anilines is 1. The second kappa shape index (κ2) is 8.47. The van der Waals surface area contributed by atoms with E-state index < -0.39 is 0 Å². The zero-order chi connectivity index (χ0) is 25.1. The summed E-state index contributed by atoms with van der Waals surface area (Å²) < 4.78 is 3.37. The molecule has 0 aromatic carbocycles. The Bertz CT molecular complexity index is 1730. The summed E-state index contributed by atoms with van der Waals surface area (Å²) in [5, 5.41) is 21.5. The van der Waals surface area contributed by atoms with Crippen LogP contribution in [0.1, 0.15) is 32.1 Å². The fourth-order valence-electron chi connectivity index (χ4n) is 5.83. The Morgan fingerprint density at radius 1 is 1.19 bits per heavy atom. The Morgan fingerprint density at radius 3 is 2.86 bits per heavy atom. The van der Waals surface area contributed by atoms with Gasteiger partial charge in [-0.3, -0.25) is 24.2 Å². The summed E-state index contributed by atoms with van der Waals surface area (Å²) in [7, 11) is 0. The molecule has 6 heterocycles. The molecule has 1 saturated heterocycles. The minimum Gasteiger partial charge on any atom is -0.394 e. The van der Waals surface area contributed by atoms with E-state index in [1.807, 2.05) is 12.4 Å². The first kappa shape index (κ1) is 22.6. The van der Waals surface area contributed by atoms with Crippen molar-refractivity contribution in [1.29, 1.82) is 0 Å². The number of H-pyrrole nitrogens is 1. The van der Waals surface area contributed by atoms with Crippen LogP contribution in [0.3, 0.4) is 0 Å². The summed E-state index contributed by atoms with van der Waals surface area (Å²) in [5.41, 5.74) is 3.06. The monoisotopic (exact) mass is 518 g/mol. The van der Waals surface area contributed by atoms with E-state index in [1.54, 1.807) is 27.7 Å². The first-order chi connectivity index (χ1) is 18.0. The predicted molar refractivity (Wildman–Crippen MR) is 141 cm³/mol. The number of thiazole rings is 1. The number of carbonyl (C=O) groups excluding carboxylic acids is 1. The number of fused-ring (bicyclic) bond motifs is 5. The Hall–Kier alpha value is -3.61. The highest BCUT2D eigenvalue weighted by Crippen LogP contribution is 2.45. The maximum atomic E-state index is 13.1. The predicted octanol–water partition coefficient (Wildman–Crippen LogP) is 2.60. The molecule has 1 aliphatic heterocycles. The fourth-order valence-corrected chi connectivity index (χ4v) is 6.90. The summed E-state index contributed by atoms with van der Waals surface area (Å²) in [6.45, 7) is 1.79. The molecule has 0 unspecified atom stereocenters. The Kier molecular flexibility index (Phi) is 5.17. The third-order valence-corrected chi connectivity index (χ3v) is 8.94. The highest BCUT2D eigenvalue weighted by atomic mass is 32.1. The van der Waals surface area contributed by atoms with Gasteiger partial charge in [0.2, 0.25) is 5.91 Å². The lowest BCUT2D eigenvalue weighted by atomic mass is 9.75. The van der Waals surface area contributed by atoms with E-state index >= 15 is 0 Å². The average Bonchev–Trinajstić information content (AvgIpc) is 3.61. The summed E-state index contributed by atoms with van der Waals surface area (Å²) in [4.78, 5) is 37.4. The van der Waals surface area contributed by atoms with Crippen LogP contribution in [0.25, 0.3) is 37.2 Å². The maximum Gasteiger partial charge on any atom is 0.261 e. The molecule has 5 aromatic heterocycles. The molecule has 0 atom stereocenters. The molecule has 5 aromatic rings. The van der Waals surface area contributed by atoms with Gasteiger partial charge in [0.15, 0.2) is 0 Å². The number of nitrogens with one attached hydrogen (secondary N) is 2. The minimum absolute atomic E-state index is 0.0134. The number of carbonyl (C=O) groups is 1. The van der Waals surface area contributed by atoms with Crippen LogP contribution in [0.4, 0.5) is 5.69 Å². The number of hydrogen-bond acceptors (Lipinski definition) is 8. The zero-order valence-electron chi connectivity index (χ0n) is 20.1. The average molecular weight is 519 g/mol. The summed E-state index contributed by atoms with van der Waals surface area (Å²) >= 11 is 1.45. The van der Waals surface area contributed by atoms with Gasteiger partial charge in [-0.25, -0.2) is 4.52 Å². The van der Waals surface area contributed by atoms with Gasteiger partial charge in [-0.05, 0) is 44.7 Å². The molecular formula is C25H26N8O3S. The lowest BCUT2D eigenvalue weighted by Crippen LogP contribution is -2.51. The van der Waals surface area contributed by atoms with E-state index in [0.29, 0.717) is 40.7 Å². The number of amides is 1. The van der Waals surface area contributed by atoms with E-state index in [4.69, 9.17) is 5.11 Å². The number of aliphatic hydroxyl groups is 1. The lowest BCUT2D eigenvalue weighted by Gasteiger charge is -2.45. The molecule has 190 valence electrons. The smallest absolute Gasteiger partial charge is 0.261 e. The molecule has 1 saturated carbocycles. The van der Waals surface area contributed by atoms with Crippen molar-refractivity contribution < 1.29 is 9.90 Å². The number of hydrogen-bond donors (Lipinski definition) is 3. The number of aliphatic hydroxyl groups excluding tert-OH is 1. The Labute approximate surface area is 214 Å². The lowest BCUT2D eigenvalue weighted by molar-refractivity contribution is -0.119. The van der Waals surface area contributed by atoms with Crippen LogP contribution in [0.5, 0.6) is 0 Å². The third kappa shape index (κ3) is 3.66. The number of nitrogens with zero attached hydrogens (tertiary/aromatic N) is 6. The van der Waals surface area contributed by atoms with Crippen molar-refractivity contribution in [3.05, 3.63) is 41.2 Å². The van der Waals surface area contributed by atoms with Crippen molar-refractivity contribution >= 4 is 49.7 Å². The van der Waals surface area contributed by atoms with Crippen molar-refractivity contribution in [2.45, 2.75) is 44.2 Å². The number of aromatic nitrogens is 6. The van der Waals surface area contributed by atoms with Crippen LogP contribution in [0.2, 0.25) is 0 Å². The van der Waals surface area contributed by atoms with Gasteiger partial charge in [-0.15, -0.1) is 11.3 Å². The molecule has 12 heteroatoms. The first-order valence-corrected chi connectivity index (χ1v) is 13.4. The van der Waals surface area contributed by atoms with Gasteiger partial charge in [0.05, 0.1) is 48.2 Å². The van der Waals surface area contributed by atoms with Gasteiger partial charge >= 0.3 is 0 Å². The van der Waals surface area contributed by atoms with Crippen LogP contribution in [-0.2, 0) is 11.3 Å². The van der Waals surface area contributed by atoms with E-state index in [-0.39, 0.29) is 23.6 Å². The zero-order valence-corrected chi connectivity index (χ0v) is 20.9. The van der Waals surface area contributed by atoms with E-state index in [2.05, 4.69) is 30.4 Å². The van der Waals surface area contributed by atoms with Crippen molar-refractivity contribution in [1.82, 2.24) is 34.3 Å². The molecule has 1 aliphatic carbocycles. The molecule has 0 bridgehead atoms. The number of aromatic amines is 1. The van der Waals surface area contributed by atoms with Crippen LogP contribution in [0.15, 0.2) is 35.6 Å². The van der Waals surface area contributed by atoms with Crippen LogP contribution in [0, 0.1) is 0 Å². The molecule has 2 aliphatic rings. The molecule has 37 heavy (non-hydrogen) atoms. The van der Waals surface area contributed by atoms with Crippen LogP contribution in [-0.4, -0.2) is 70.5 Å². The number of pyridine rings is 2. The molecule has 0 radical (unpaired) electrons. The van der Waals surface area contributed by atoms with E-state index in [0.717, 1.165) is 28.2 Å². The van der Waals surface area contributed by atoms with Crippen molar-refractivity contribution in [2.24, 2.45) is 0 Å². The van der Waals surface area contributed by atoms with Crippen molar-refractivity contribution in [3.63, 3.8) is 0 Å². The molecule has 7 rings (SSSR count). The van der Waals surface area contributed by atoms with Gasteiger partial charge in [-0.1, -0.05) is 0 Å². The Balaban J connectivity index is 1.18. The largest absolute Gasteiger partial charge is 0.394 e. The third-order valence-electron chi connectivity index (χ3n) is 7.79. The van der Waals surface area contributed by atoms with Crippen LogP contribution >= 0.6 is 11.3 Å². The second-order valence-electron chi connectivity index (χ2n) is 10.0. The van der Waals surface area contributed by atoms with Crippen LogP contribution < -0.4 is 10.9 Å². The molecule has 3 N–H and O–H groups in total. The van der Waals surface area contributed by atoms with E-state index in [9.17, 15) is 9.59 Å². The normalized spacial score (nSPS) is 17.3. The topological polar surface area (TPSA) is 133 Å². The first-order valence-electron chi connectivity index (χ1n) is 12.6. The van der Waals surface area contributed by atoms with Gasteiger partial charge in [0.25, 0.3) is 5.56 Å². The SMILES string of the molecule is O=C(CN1CCCC12CCC2)Nc1cnc2c(c1)[nH]c(=O)c1c2nn2cc(-c3cnn(CCO)c3)sc12. The number of rotatable bonds is 6. The molecule has 1 spiro atoms.